The first-order valence-electron chi connectivity index (χ1n) is 30.0. The van der Waals surface area contributed by atoms with Gasteiger partial charge in [-0.05, 0) is 32.1 Å². The Labute approximate surface area is 412 Å². The molecule has 66 heavy (non-hydrogen) atoms. The van der Waals surface area contributed by atoms with Crippen LogP contribution in [0.2, 0.25) is 0 Å². The summed E-state index contributed by atoms with van der Waals surface area (Å²) >= 11 is 0. The second-order valence-electron chi connectivity index (χ2n) is 20.7. The summed E-state index contributed by atoms with van der Waals surface area (Å²) in [5.41, 5.74) is 0. The van der Waals surface area contributed by atoms with Gasteiger partial charge in [-0.2, -0.15) is 0 Å². The zero-order valence-corrected chi connectivity index (χ0v) is 44.7. The minimum absolute atomic E-state index is 0.0141. The number of esters is 1. The van der Waals surface area contributed by atoms with Crippen molar-refractivity contribution in [1.29, 1.82) is 0 Å². The fourth-order valence-electron chi connectivity index (χ4n) is 9.46. The molecule has 6 heteroatoms. The first-order valence-corrected chi connectivity index (χ1v) is 30.0. The highest BCUT2D eigenvalue weighted by Gasteiger charge is 2.18. The van der Waals surface area contributed by atoms with E-state index in [0.717, 1.165) is 38.5 Å². The summed E-state index contributed by atoms with van der Waals surface area (Å²) < 4.78 is 5.48. The highest BCUT2D eigenvalue weighted by Crippen LogP contribution is 2.18. The zero-order chi connectivity index (χ0) is 47.9. The molecular weight excluding hydrogens is 815 g/mol. The molecule has 0 saturated heterocycles. The minimum atomic E-state index is -0.843. The zero-order valence-electron chi connectivity index (χ0n) is 44.7. The average Bonchev–Trinajstić information content (AvgIpc) is 3.32. The molecule has 392 valence electrons. The molecule has 0 aromatic rings. The van der Waals surface area contributed by atoms with Crippen molar-refractivity contribution in [2.24, 2.45) is 0 Å². The van der Waals surface area contributed by atoms with E-state index in [1.165, 1.54) is 270 Å². The summed E-state index contributed by atoms with van der Waals surface area (Å²) in [4.78, 5) is 24.5. The van der Waals surface area contributed by atoms with Gasteiger partial charge in [-0.1, -0.05) is 302 Å². The van der Waals surface area contributed by atoms with Crippen LogP contribution in [-0.4, -0.2) is 47.4 Å². The van der Waals surface area contributed by atoms with Crippen LogP contribution in [0.1, 0.15) is 335 Å². The van der Waals surface area contributed by atoms with E-state index in [9.17, 15) is 19.8 Å². The lowest BCUT2D eigenvalue weighted by Crippen LogP contribution is -2.45. The van der Waals surface area contributed by atoms with Crippen LogP contribution in [0.5, 0.6) is 0 Å². The van der Waals surface area contributed by atoms with Crippen LogP contribution in [0, 0.1) is 0 Å². The smallest absolute Gasteiger partial charge is 0.305 e. The Balaban J connectivity index is 3.39. The van der Waals surface area contributed by atoms with E-state index < -0.39 is 12.1 Å². The third kappa shape index (κ3) is 52.0. The minimum Gasteiger partial charge on any atom is -0.466 e. The van der Waals surface area contributed by atoms with Gasteiger partial charge in [0.25, 0.3) is 0 Å². The van der Waals surface area contributed by atoms with Crippen LogP contribution in [0.25, 0.3) is 0 Å². The Kier molecular flexibility index (Phi) is 55.0. The maximum absolute atomic E-state index is 12.4. The van der Waals surface area contributed by atoms with Crippen molar-refractivity contribution in [1.82, 2.24) is 5.32 Å². The quantitative estimate of drug-likeness (QED) is 0.0321. The van der Waals surface area contributed by atoms with Crippen LogP contribution in [-0.2, 0) is 14.3 Å². The molecular formula is C60H117NO5. The fourth-order valence-corrected chi connectivity index (χ4v) is 9.46. The van der Waals surface area contributed by atoms with Crippen molar-refractivity contribution in [3.05, 3.63) is 12.2 Å². The SMILES string of the molecule is CCCCCCCCCCCCCC/C=C/C(O)C(CO)NC(=O)CCCCCCCCCCCCCCCCCCCCCCCOC(=O)CCCCCCCCCCCCCCCC. The van der Waals surface area contributed by atoms with Crippen LogP contribution in [0.4, 0.5) is 0 Å². The second kappa shape index (κ2) is 56.2. The Hall–Kier alpha value is -1.40. The molecule has 0 fully saturated rings. The standard InChI is InChI=1S/C60H117NO5/c1-3-5-7-9-11-13-15-17-28-32-36-40-44-48-52-58(63)57(56-62)61-59(64)53-49-45-41-37-33-29-26-24-22-20-19-21-23-25-27-31-35-39-43-47-51-55-66-60(65)54-50-46-42-38-34-30-18-16-14-12-10-8-6-4-2/h48,52,57-58,62-63H,3-47,49-51,53-56H2,1-2H3,(H,61,64)/b52-48+. The van der Waals surface area contributed by atoms with E-state index in [1.54, 1.807) is 6.08 Å². The number of rotatable bonds is 56. The summed E-state index contributed by atoms with van der Waals surface area (Å²) in [5.74, 6) is -0.0531. The third-order valence-corrected chi connectivity index (χ3v) is 14.1. The summed E-state index contributed by atoms with van der Waals surface area (Å²) in [6, 6.07) is -0.627. The molecule has 0 heterocycles. The fraction of sp³-hybridized carbons (Fsp3) is 0.933. The molecule has 0 aliphatic carbocycles. The number of carbonyl (C=O) groups is 2. The first-order chi connectivity index (χ1) is 32.5. The Bertz CT molecular complexity index is 986. The van der Waals surface area contributed by atoms with E-state index in [4.69, 9.17) is 4.74 Å². The summed E-state index contributed by atoms with van der Waals surface area (Å²) in [6.45, 7) is 4.92. The number of unbranched alkanes of at least 4 members (excludes halogenated alkanes) is 45. The van der Waals surface area contributed by atoms with Crippen LogP contribution in [0.15, 0.2) is 12.2 Å². The molecule has 0 rings (SSSR count). The topological polar surface area (TPSA) is 95.9 Å². The lowest BCUT2D eigenvalue weighted by Gasteiger charge is -2.20. The van der Waals surface area contributed by atoms with Crippen LogP contribution >= 0.6 is 0 Å². The van der Waals surface area contributed by atoms with Gasteiger partial charge in [0, 0.05) is 12.8 Å². The lowest BCUT2D eigenvalue weighted by atomic mass is 10.0. The van der Waals surface area contributed by atoms with E-state index >= 15 is 0 Å². The van der Waals surface area contributed by atoms with Gasteiger partial charge < -0.3 is 20.3 Å². The summed E-state index contributed by atoms with van der Waals surface area (Å²) in [5, 5.41) is 23.1. The third-order valence-electron chi connectivity index (χ3n) is 14.1. The maximum atomic E-state index is 12.4. The van der Waals surface area contributed by atoms with Crippen molar-refractivity contribution in [3.63, 3.8) is 0 Å². The van der Waals surface area contributed by atoms with Gasteiger partial charge in [0.1, 0.15) is 0 Å². The molecule has 0 aromatic carbocycles. The number of ether oxygens (including phenoxy) is 1. The highest BCUT2D eigenvalue weighted by molar-refractivity contribution is 5.76. The van der Waals surface area contributed by atoms with E-state index in [1.807, 2.05) is 6.08 Å². The van der Waals surface area contributed by atoms with Crippen molar-refractivity contribution in [2.75, 3.05) is 13.2 Å². The van der Waals surface area contributed by atoms with Gasteiger partial charge in [-0.25, -0.2) is 0 Å². The van der Waals surface area contributed by atoms with Crippen molar-refractivity contribution in [2.45, 2.75) is 347 Å². The van der Waals surface area contributed by atoms with Crippen molar-refractivity contribution >= 4 is 11.9 Å². The number of carbonyl (C=O) groups excluding carboxylic acids is 2. The Morgan fingerprint density at radius 1 is 0.409 bits per heavy atom. The molecule has 0 radical (unpaired) electrons. The van der Waals surface area contributed by atoms with E-state index in [-0.39, 0.29) is 18.5 Å². The van der Waals surface area contributed by atoms with Gasteiger partial charge in [0.15, 0.2) is 0 Å². The van der Waals surface area contributed by atoms with Gasteiger partial charge in [0.2, 0.25) is 5.91 Å². The molecule has 0 aliphatic rings. The van der Waals surface area contributed by atoms with Crippen molar-refractivity contribution < 1.29 is 24.5 Å². The Morgan fingerprint density at radius 2 is 0.697 bits per heavy atom. The van der Waals surface area contributed by atoms with Gasteiger partial charge >= 0.3 is 5.97 Å². The number of aliphatic hydroxyl groups excluding tert-OH is 2. The van der Waals surface area contributed by atoms with Crippen LogP contribution < -0.4 is 5.32 Å². The van der Waals surface area contributed by atoms with Crippen molar-refractivity contribution in [3.8, 4) is 0 Å². The normalized spacial score (nSPS) is 12.6. The predicted molar refractivity (Wildman–Crippen MR) is 287 cm³/mol. The number of hydrogen-bond donors (Lipinski definition) is 3. The molecule has 3 N–H and O–H groups in total. The molecule has 0 spiro atoms. The van der Waals surface area contributed by atoms with Gasteiger partial charge in [-0.15, -0.1) is 0 Å². The monoisotopic (exact) mass is 932 g/mol. The summed E-state index contributed by atoms with van der Waals surface area (Å²) in [6.07, 6.45) is 66.7. The molecule has 0 aliphatic heterocycles. The van der Waals surface area contributed by atoms with Crippen LogP contribution in [0.3, 0.4) is 0 Å². The molecule has 0 saturated carbocycles. The molecule has 0 aromatic heterocycles. The van der Waals surface area contributed by atoms with Gasteiger partial charge in [-0.3, -0.25) is 9.59 Å². The Morgan fingerprint density at radius 3 is 1.03 bits per heavy atom. The van der Waals surface area contributed by atoms with E-state index in [0.29, 0.717) is 19.4 Å². The van der Waals surface area contributed by atoms with Gasteiger partial charge in [0.05, 0.1) is 25.4 Å². The maximum Gasteiger partial charge on any atom is 0.305 e. The molecule has 2 atom stereocenters. The number of allylic oxidation sites excluding steroid dienone is 1. The lowest BCUT2D eigenvalue weighted by molar-refractivity contribution is -0.143. The molecule has 0 bridgehead atoms. The highest BCUT2D eigenvalue weighted by atomic mass is 16.5. The molecule has 6 nitrogen and oxygen atoms in total. The first kappa shape index (κ1) is 64.6. The number of amides is 1. The molecule has 1 amide bonds. The number of aliphatic hydroxyl groups is 2. The predicted octanol–water partition coefficient (Wildman–Crippen LogP) is 18.5. The largest absolute Gasteiger partial charge is 0.466 e. The number of nitrogens with one attached hydrogen (secondary N) is 1. The molecule has 2 unspecified atom stereocenters. The number of hydrogen-bond acceptors (Lipinski definition) is 5. The average molecular weight is 933 g/mol. The second-order valence-corrected chi connectivity index (χ2v) is 20.7. The summed E-state index contributed by atoms with van der Waals surface area (Å²) in [7, 11) is 0. The van der Waals surface area contributed by atoms with E-state index in [2.05, 4.69) is 19.2 Å².